The van der Waals surface area contributed by atoms with Crippen LogP contribution >= 0.6 is 0 Å². The van der Waals surface area contributed by atoms with E-state index in [1.807, 2.05) is 6.07 Å². The van der Waals surface area contributed by atoms with Gasteiger partial charge < -0.3 is 0 Å². The molecule has 1 N–H and O–H groups in total. The molecule has 0 aliphatic carbocycles. The molecule has 2 aromatic carbocycles. The Kier molecular flexibility index (Phi) is 2.89. The summed E-state index contributed by atoms with van der Waals surface area (Å²) in [6.45, 7) is 0. The van der Waals surface area contributed by atoms with Crippen molar-refractivity contribution >= 4 is 35.3 Å². The van der Waals surface area contributed by atoms with E-state index < -0.39 is 5.82 Å². The van der Waals surface area contributed by atoms with Crippen LogP contribution in [0.1, 0.15) is 0 Å². The second-order valence-corrected chi connectivity index (χ2v) is 6.89. The summed E-state index contributed by atoms with van der Waals surface area (Å²) in [7, 11) is 0. The van der Waals surface area contributed by atoms with Crippen LogP contribution in [0.5, 0.6) is 5.75 Å². The molecule has 0 amide bonds. The zero-order chi connectivity index (χ0) is 15.3. The second-order valence-electron chi connectivity index (χ2n) is 4.82. The van der Waals surface area contributed by atoms with E-state index in [9.17, 15) is 14.3 Å². The van der Waals surface area contributed by atoms with Crippen LogP contribution in [0.3, 0.4) is 0 Å². The standard InChI is InChI=1S/C16H9FN2O2Se/c17-10-4-2-6-12-14(10)16(21)19(22-12)13-8-7-9-3-1-5-11(20)15(9)18-13/h1-8,20H. The van der Waals surface area contributed by atoms with Crippen LogP contribution in [0.15, 0.2) is 53.3 Å². The van der Waals surface area contributed by atoms with Crippen LogP contribution in [-0.4, -0.2) is 28.4 Å². The first kappa shape index (κ1) is 13.2. The fourth-order valence-electron chi connectivity index (χ4n) is 2.41. The first-order valence-electron chi connectivity index (χ1n) is 6.55. The molecule has 6 heteroatoms. The van der Waals surface area contributed by atoms with E-state index in [1.165, 1.54) is 9.63 Å². The maximum absolute atomic E-state index is 13.8. The molecule has 108 valence electrons. The molecule has 22 heavy (non-hydrogen) atoms. The summed E-state index contributed by atoms with van der Waals surface area (Å²) in [5.74, 6) is -0.0210. The fourth-order valence-corrected chi connectivity index (χ4v) is 4.47. The van der Waals surface area contributed by atoms with Gasteiger partial charge in [0.2, 0.25) is 0 Å². The summed E-state index contributed by atoms with van der Waals surface area (Å²) < 4.78 is 16.0. The summed E-state index contributed by atoms with van der Waals surface area (Å²) in [4.78, 5) is 16.8. The molecule has 4 rings (SSSR count). The van der Waals surface area contributed by atoms with Gasteiger partial charge in [0.1, 0.15) is 0 Å². The minimum atomic E-state index is -0.504. The quantitative estimate of drug-likeness (QED) is 0.531. The zero-order valence-electron chi connectivity index (χ0n) is 11.2. The average molecular weight is 359 g/mol. The zero-order valence-corrected chi connectivity index (χ0v) is 12.9. The molecule has 0 bridgehead atoms. The van der Waals surface area contributed by atoms with Gasteiger partial charge in [-0.25, -0.2) is 0 Å². The van der Waals surface area contributed by atoms with Crippen LogP contribution in [0.4, 0.5) is 4.39 Å². The summed E-state index contributed by atoms with van der Waals surface area (Å²) >= 11 is -0.362. The number of halogens is 1. The maximum atomic E-state index is 13.8. The Morgan fingerprint density at radius 2 is 1.91 bits per heavy atom. The van der Waals surface area contributed by atoms with Gasteiger partial charge >= 0.3 is 130 Å². The topological polar surface area (TPSA) is 55.1 Å². The first-order valence-corrected chi connectivity index (χ1v) is 8.17. The van der Waals surface area contributed by atoms with Crippen LogP contribution in [-0.2, 0) is 0 Å². The molecule has 0 saturated heterocycles. The van der Waals surface area contributed by atoms with Crippen LogP contribution in [0, 0.1) is 5.82 Å². The molecule has 0 saturated carbocycles. The van der Waals surface area contributed by atoms with E-state index in [4.69, 9.17) is 0 Å². The molecule has 0 atom stereocenters. The van der Waals surface area contributed by atoms with Crippen molar-refractivity contribution in [2.75, 3.05) is 0 Å². The summed E-state index contributed by atoms with van der Waals surface area (Å²) in [6.07, 6.45) is 0. The van der Waals surface area contributed by atoms with Gasteiger partial charge in [-0.3, -0.25) is 0 Å². The van der Waals surface area contributed by atoms with Crippen molar-refractivity contribution in [3.63, 3.8) is 0 Å². The number of benzene rings is 2. The minimum absolute atomic E-state index is 0.0576. The van der Waals surface area contributed by atoms with Gasteiger partial charge in [0.15, 0.2) is 0 Å². The van der Waals surface area contributed by atoms with Crippen molar-refractivity contribution < 1.29 is 9.50 Å². The first-order chi connectivity index (χ1) is 10.6. The Hall–Kier alpha value is -2.43. The van der Waals surface area contributed by atoms with E-state index in [2.05, 4.69) is 4.98 Å². The molecule has 2 heterocycles. The predicted octanol–water partition coefficient (Wildman–Crippen LogP) is 2.44. The van der Waals surface area contributed by atoms with Gasteiger partial charge in [0.25, 0.3) is 0 Å². The normalized spacial score (nSPS) is 11.3. The predicted molar refractivity (Wildman–Crippen MR) is 83.4 cm³/mol. The molecule has 0 spiro atoms. The van der Waals surface area contributed by atoms with E-state index in [0.717, 1.165) is 5.39 Å². The van der Waals surface area contributed by atoms with Crippen LogP contribution < -0.4 is 5.56 Å². The van der Waals surface area contributed by atoms with E-state index in [1.54, 1.807) is 36.4 Å². The number of pyridine rings is 1. The third-order valence-electron chi connectivity index (χ3n) is 3.46. The number of aromatic nitrogens is 2. The SMILES string of the molecule is O=c1c2c(F)cccc2[se]n1-c1ccc2cccc(O)c2n1. The Morgan fingerprint density at radius 1 is 1.09 bits per heavy atom. The van der Waals surface area contributed by atoms with Gasteiger partial charge in [0, 0.05) is 0 Å². The molecule has 0 radical (unpaired) electrons. The molecule has 0 aliphatic rings. The number of rotatable bonds is 1. The Labute approximate surface area is 130 Å². The number of para-hydroxylation sites is 1. The van der Waals surface area contributed by atoms with Crippen molar-refractivity contribution in [1.29, 1.82) is 0 Å². The van der Waals surface area contributed by atoms with Crippen molar-refractivity contribution in [3.8, 4) is 11.6 Å². The van der Waals surface area contributed by atoms with E-state index in [-0.39, 0.29) is 31.4 Å². The molecule has 2 aromatic heterocycles. The number of fused-ring (bicyclic) bond motifs is 2. The van der Waals surface area contributed by atoms with Crippen molar-refractivity contribution in [2.24, 2.45) is 0 Å². The fraction of sp³-hybridized carbons (Fsp3) is 0. The van der Waals surface area contributed by atoms with Crippen molar-refractivity contribution in [2.45, 2.75) is 0 Å². The number of phenolic OH excluding ortho intramolecular Hbond substituents is 1. The molecule has 0 fully saturated rings. The summed E-state index contributed by atoms with van der Waals surface area (Å²) in [5.41, 5.74) is 0.0513. The monoisotopic (exact) mass is 360 g/mol. The molecular formula is C16H9FN2O2Se. The molecular weight excluding hydrogens is 350 g/mol. The van der Waals surface area contributed by atoms with Crippen LogP contribution in [0.25, 0.3) is 26.4 Å². The number of phenols is 1. The number of hydrogen-bond donors (Lipinski definition) is 1. The van der Waals surface area contributed by atoms with Gasteiger partial charge in [-0.05, 0) is 0 Å². The van der Waals surface area contributed by atoms with Crippen molar-refractivity contribution in [1.82, 2.24) is 8.55 Å². The van der Waals surface area contributed by atoms with Gasteiger partial charge in [-0.15, -0.1) is 0 Å². The van der Waals surface area contributed by atoms with Crippen LogP contribution in [0.2, 0.25) is 0 Å². The third-order valence-corrected chi connectivity index (χ3v) is 5.71. The van der Waals surface area contributed by atoms with Gasteiger partial charge in [0.05, 0.1) is 0 Å². The van der Waals surface area contributed by atoms with Gasteiger partial charge in [-0.1, -0.05) is 0 Å². The molecule has 0 aliphatic heterocycles. The average Bonchev–Trinajstić information content (AvgIpc) is 2.86. The number of hydrogen-bond acceptors (Lipinski definition) is 3. The van der Waals surface area contributed by atoms with E-state index >= 15 is 0 Å². The molecule has 4 nitrogen and oxygen atoms in total. The Morgan fingerprint density at radius 3 is 2.73 bits per heavy atom. The van der Waals surface area contributed by atoms with E-state index in [0.29, 0.717) is 15.6 Å². The van der Waals surface area contributed by atoms with Gasteiger partial charge in [-0.2, -0.15) is 0 Å². The number of nitrogens with zero attached hydrogens (tertiary/aromatic N) is 2. The Bertz CT molecular complexity index is 1080. The Balaban J connectivity index is 2.03. The molecule has 0 unspecified atom stereocenters. The third kappa shape index (κ3) is 1.89. The summed E-state index contributed by atoms with van der Waals surface area (Å²) in [5, 5.41) is 10.8. The molecule has 4 aromatic rings. The summed E-state index contributed by atoms with van der Waals surface area (Å²) in [6, 6.07) is 13.3. The number of aromatic hydroxyl groups is 1. The van der Waals surface area contributed by atoms with Crippen molar-refractivity contribution in [3.05, 3.63) is 64.7 Å². The second kappa shape index (κ2) is 4.80.